The molecule has 4 heteroatoms. The number of piperidine rings is 1. The molecule has 0 bridgehead atoms. The number of hydrogen-bond donors (Lipinski definition) is 2. The molecule has 146 valence electrons. The van der Waals surface area contributed by atoms with Gasteiger partial charge in [0.15, 0.2) is 0 Å². The summed E-state index contributed by atoms with van der Waals surface area (Å²) < 4.78 is 5.51. The summed E-state index contributed by atoms with van der Waals surface area (Å²) >= 11 is 0. The molecule has 2 aromatic carbocycles. The van der Waals surface area contributed by atoms with Gasteiger partial charge in [-0.05, 0) is 61.8 Å². The number of aromatic nitrogens is 1. The summed E-state index contributed by atoms with van der Waals surface area (Å²) in [6.45, 7) is 3.83. The van der Waals surface area contributed by atoms with Crippen molar-refractivity contribution in [1.29, 1.82) is 0 Å². The van der Waals surface area contributed by atoms with Gasteiger partial charge in [-0.25, -0.2) is 0 Å². The molecule has 1 saturated heterocycles. The van der Waals surface area contributed by atoms with Gasteiger partial charge in [-0.2, -0.15) is 0 Å². The molecule has 28 heavy (non-hydrogen) atoms. The van der Waals surface area contributed by atoms with Crippen molar-refractivity contribution in [3.63, 3.8) is 0 Å². The van der Waals surface area contributed by atoms with E-state index >= 15 is 0 Å². The van der Waals surface area contributed by atoms with Crippen molar-refractivity contribution >= 4 is 10.9 Å². The van der Waals surface area contributed by atoms with E-state index in [-0.39, 0.29) is 5.41 Å². The zero-order chi connectivity index (χ0) is 19.5. The fourth-order valence-corrected chi connectivity index (χ4v) is 5.71. The second kappa shape index (κ2) is 6.10. The summed E-state index contributed by atoms with van der Waals surface area (Å²) in [4.78, 5) is 5.95. The van der Waals surface area contributed by atoms with Gasteiger partial charge in [0.1, 0.15) is 5.75 Å². The Hall–Kier alpha value is -2.30. The van der Waals surface area contributed by atoms with Gasteiger partial charge in [-0.15, -0.1) is 0 Å². The second-order valence-corrected chi connectivity index (χ2v) is 8.77. The molecule has 5 rings (SSSR count). The number of benzene rings is 2. The van der Waals surface area contributed by atoms with E-state index in [1.165, 1.54) is 33.3 Å². The van der Waals surface area contributed by atoms with Crippen LogP contribution in [0.3, 0.4) is 0 Å². The summed E-state index contributed by atoms with van der Waals surface area (Å²) in [5.41, 5.74) is 5.10. The maximum absolute atomic E-state index is 12.1. The van der Waals surface area contributed by atoms with Crippen molar-refractivity contribution in [3.8, 4) is 5.75 Å². The molecule has 0 radical (unpaired) electrons. The Labute approximate surface area is 166 Å². The smallest absolute Gasteiger partial charge is 0.119 e. The molecule has 0 spiro atoms. The lowest BCUT2D eigenvalue weighted by atomic mass is 9.56. The minimum Gasteiger partial charge on any atom is -0.497 e. The van der Waals surface area contributed by atoms with Crippen molar-refractivity contribution < 1.29 is 9.84 Å². The molecule has 2 heterocycles. The number of methoxy groups -OCH3 is 1. The van der Waals surface area contributed by atoms with Crippen LogP contribution in [0, 0.1) is 6.92 Å². The third kappa shape index (κ3) is 2.38. The van der Waals surface area contributed by atoms with Gasteiger partial charge in [0.25, 0.3) is 0 Å². The molecule has 2 atom stereocenters. The van der Waals surface area contributed by atoms with Crippen molar-refractivity contribution in [1.82, 2.24) is 9.88 Å². The lowest BCUT2D eigenvalue weighted by Crippen LogP contribution is -2.65. The SMILES string of the molecule is COc1cccc([C@@]23CCN(C)C[C@@]2(O)Cc2c([nH]c4cccc(C)c24)C3)c1. The number of β-amino-alcohol motifs (C(OH)–C–C–N with tert-alkyl or cyclic N) is 1. The van der Waals surface area contributed by atoms with Crippen LogP contribution in [0.4, 0.5) is 0 Å². The van der Waals surface area contributed by atoms with Gasteiger partial charge in [0, 0.05) is 41.4 Å². The molecular formula is C24H28N2O2. The molecular weight excluding hydrogens is 348 g/mol. The summed E-state index contributed by atoms with van der Waals surface area (Å²) in [6, 6.07) is 14.7. The van der Waals surface area contributed by atoms with E-state index in [4.69, 9.17) is 4.74 Å². The van der Waals surface area contributed by atoms with Crippen LogP contribution in [0.15, 0.2) is 42.5 Å². The van der Waals surface area contributed by atoms with Crippen LogP contribution < -0.4 is 4.74 Å². The first-order valence-corrected chi connectivity index (χ1v) is 10.1. The first-order chi connectivity index (χ1) is 13.5. The van der Waals surface area contributed by atoms with Gasteiger partial charge in [-0.3, -0.25) is 0 Å². The maximum Gasteiger partial charge on any atom is 0.119 e. The Morgan fingerprint density at radius 3 is 2.79 bits per heavy atom. The van der Waals surface area contributed by atoms with Crippen LogP contribution in [0.25, 0.3) is 10.9 Å². The first kappa shape index (κ1) is 17.8. The van der Waals surface area contributed by atoms with Crippen molar-refractivity contribution in [2.24, 2.45) is 0 Å². The molecule has 0 unspecified atom stereocenters. The molecule has 0 saturated carbocycles. The van der Waals surface area contributed by atoms with Crippen molar-refractivity contribution in [3.05, 3.63) is 64.8 Å². The molecule has 2 N–H and O–H groups in total. The summed E-state index contributed by atoms with van der Waals surface area (Å²) in [5, 5.41) is 13.4. The van der Waals surface area contributed by atoms with Gasteiger partial charge < -0.3 is 19.7 Å². The zero-order valence-electron chi connectivity index (χ0n) is 16.9. The molecule has 1 aromatic heterocycles. The average molecular weight is 377 g/mol. The minimum atomic E-state index is -0.809. The number of nitrogens with one attached hydrogen (secondary N) is 1. The third-order valence-electron chi connectivity index (χ3n) is 7.14. The molecule has 4 nitrogen and oxygen atoms in total. The molecule has 3 aromatic rings. The fourth-order valence-electron chi connectivity index (χ4n) is 5.71. The third-order valence-corrected chi connectivity index (χ3v) is 7.14. The lowest BCUT2D eigenvalue weighted by Gasteiger charge is -2.56. The highest BCUT2D eigenvalue weighted by Crippen LogP contribution is 2.51. The van der Waals surface area contributed by atoms with Crippen LogP contribution in [0.1, 0.15) is 28.8 Å². The van der Waals surface area contributed by atoms with E-state index in [0.717, 1.165) is 25.1 Å². The van der Waals surface area contributed by atoms with Gasteiger partial charge in [0.05, 0.1) is 12.7 Å². The highest BCUT2D eigenvalue weighted by atomic mass is 16.5. The Balaban J connectivity index is 1.73. The number of aromatic amines is 1. The molecule has 0 amide bonds. The van der Waals surface area contributed by atoms with Crippen LogP contribution in [0.5, 0.6) is 5.75 Å². The lowest BCUT2D eigenvalue weighted by molar-refractivity contribution is -0.0972. The number of nitrogens with zero attached hydrogens (tertiary/aromatic N) is 1. The fraction of sp³-hybridized carbons (Fsp3) is 0.417. The van der Waals surface area contributed by atoms with Crippen molar-refractivity contribution in [2.45, 2.75) is 37.2 Å². The molecule has 1 aliphatic carbocycles. The van der Waals surface area contributed by atoms with E-state index in [1.807, 2.05) is 12.1 Å². The van der Waals surface area contributed by atoms with E-state index < -0.39 is 5.60 Å². The Morgan fingerprint density at radius 2 is 1.96 bits per heavy atom. The summed E-state index contributed by atoms with van der Waals surface area (Å²) in [5.74, 6) is 0.853. The van der Waals surface area contributed by atoms with Crippen LogP contribution in [0.2, 0.25) is 0 Å². The van der Waals surface area contributed by atoms with Gasteiger partial charge >= 0.3 is 0 Å². The molecule has 1 aliphatic heterocycles. The summed E-state index contributed by atoms with van der Waals surface area (Å²) in [7, 11) is 3.82. The van der Waals surface area contributed by atoms with Crippen LogP contribution in [-0.2, 0) is 18.3 Å². The zero-order valence-corrected chi connectivity index (χ0v) is 16.9. The Kier molecular flexibility index (Phi) is 3.87. The van der Waals surface area contributed by atoms with E-state index in [1.54, 1.807) is 7.11 Å². The number of likely N-dealkylation sites (tertiary alicyclic amines) is 1. The predicted octanol–water partition coefficient (Wildman–Crippen LogP) is 3.59. The topological polar surface area (TPSA) is 48.5 Å². The van der Waals surface area contributed by atoms with E-state index in [2.05, 4.69) is 54.2 Å². The summed E-state index contributed by atoms with van der Waals surface area (Å²) in [6.07, 6.45) is 2.43. The molecule has 2 aliphatic rings. The van der Waals surface area contributed by atoms with E-state index in [9.17, 15) is 5.11 Å². The van der Waals surface area contributed by atoms with Crippen LogP contribution in [-0.4, -0.2) is 47.8 Å². The number of rotatable bonds is 2. The second-order valence-electron chi connectivity index (χ2n) is 8.77. The van der Waals surface area contributed by atoms with Gasteiger partial charge in [0.2, 0.25) is 0 Å². The largest absolute Gasteiger partial charge is 0.497 e. The van der Waals surface area contributed by atoms with Crippen molar-refractivity contribution in [2.75, 3.05) is 27.2 Å². The minimum absolute atomic E-state index is 0.310. The highest BCUT2D eigenvalue weighted by molar-refractivity contribution is 5.88. The number of H-pyrrole nitrogens is 1. The van der Waals surface area contributed by atoms with Gasteiger partial charge in [-0.1, -0.05) is 24.3 Å². The Bertz CT molecular complexity index is 1060. The van der Waals surface area contributed by atoms with Crippen LogP contribution >= 0.6 is 0 Å². The quantitative estimate of drug-likeness (QED) is 0.719. The predicted molar refractivity (Wildman–Crippen MR) is 112 cm³/mol. The first-order valence-electron chi connectivity index (χ1n) is 10.1. The number of aliphatic hydroxyl groups is 1. The average Bonchev–Trinajstić information content (AvgIpc) is 3.03. The highest BCUT2D eigenvalue weighted by Gasteiger charge is 2.57. The number of hydrogen-bond acceptors (Lipinski definition) is 3. The standard InChI is InChI=1S/C24H28N2O2/c1-16-6-4-9-20-22(16)19-13-24(27)15-26(2)11-10-23(24,14-21(19)25-20)17-7-5-8-18(12-17)28-3/h4-9,12,25,27H,10-11,13-15H2,1-3H3/t23-,24-/m0/s1. The number of fused-ring (bicyclic) bond motifs is 4. The monoisotopic (exact) mass is 376 g/mol. The Morgan fingerprint density at radius 1 is 1.14 bits per heavy atom. The molecule has 1 fully saturated rings. The number of aryl methyl sites for hydroxylation is 1. The number of ether oxygens (including phenoxy) is 1. The normalized spacial score (nSPS) is 27.4. The maximum atomic E-state index is 12.1. The van der Waals surface area contributed by atoms with E-state index in [0.29, 0.717) is 13.0 Å². The number of likely N-dealkylation sites (N-methyl/N-ethyl adjacent to an activating group) is 1.